The van der Waals surface area contributed by atoms with Crippen LogP contribution in [0.2, 0.25) is 0 Å². The number of hydrazine groups is 1. The van der Waals surface area contributed by atoms with E-state index >= 15 is 0 Å². The Morgan fingerprint density at radius 2 is 2.00 bits per heavy atom. The Kier molecular flexibility index (Phi) is 4.11. The Labute approximate surface area is 114 Å². The highest BCUT2D eigenvalue weighted by Gasteiger charge is 2.12. The third-order valence-corrected chi connectivity index (χ3v) is 3.26. The van der Waals surface area contributed by atoms with Gasteiger partial charge in [-0.05, 0) is 21.5 Å². The maximum absolute atomic E-state index is 5.38. The molecule has 0 fully saturated rings. The van der Waals surface area contributed by atoms with E-state index in [4.69, 9.17) is 5.84 Å². The average molecular weight is 308 g/mol. The molecule has 0 aliphatic rings. The van der Waals surface area contributed by atoms with E-state index in [0.717, 1.165) is 16.8 Å². The first-order chi connectivity index (χ1) is 8.72. The van der Waals surface area contributed by atoms with Gasteiger partial charge in [0.05, 0.1) is 0 Å². The summed E-state index contributed by atoms with van der Waals surface area (Å²) in [4.78, 5) is 10.3. The normalized spacial score (nSPS) is 10.2. The summed E-state index contributed by atoms with van der Waals surface area (Å²) < 4.78 is 0.755. The third-order valence-electron chi connectivity index (χ3n) is 2.53. The zero-order valence-electron chi connectivity index (χ0n) is 9.97. The monoisotopic (exact) mass is 307 g/mol. The van der Waals surface area contributed by atoms with Gasteiger partial charge in [-0.1, -0.05) is 30.3 Å². The standard InChI is InChI=1S/C12H14BrN5/c1-18(7-9-5-3-2-4-6-9)12-10(13)11(17-14)15-8-16-12/h2-6,8H,7,14H2,1H3,(H,15,16,17). The van der Waals surface area contributed by atoms with E-state index < -0.39 is 0 Å². The lowest BCUT2D eigenvalue weighted by Crippen LogP contribution is -2.19. The minimum absolute atomic E-state index is 0.569. The maximum atomic E-state index is 5.38. The molecule has 0 atom stereocenters. The zero-order valence-corrected chi connectivity index (χ0v) is 11.6. The van der Waals surface area contributed by atoms with E-state index in [1.54, 1.807) is 0 Å². The van der Waals surface area contributed by atoms with Crippen molar-refractivity contribution in [1.29, 1.82) is 0 Å². The summed E-state index contributed by atoms with van der Waals surface area (Å²) in [5.74, 6) is 6.75. The Morgan fingerprint density at radius 3 is 2.67 bits per heavy atom. The quantitative estimate of drug-likeness (QED) is 0.669. The molecule has 0 saturated heterocycles. The van der Waals surface area contributed by atoms with Crippen molar-refractivity contribution in [2.75, 3.05) is 17.4 Å². The number of hydrogen-bond acceptors (Lipinski definition) is 5. The fraction of sp³-hybridized carbons (Fsp3) is 0.167. The van der Waals surface area contributed by atoms with Crippen molar-refractivity contribution in [2.45, 2.75) is 6.54 Å². The van der Waals surface area contributed by atoms with Gasteiger partial charge >= 0.3 is 0 Å². The van der Waals surface area contributed by atoms with E-state index in [-0.39, 0.29) is 0 Å². The zero-order chi connectivity index (χ0) is 13.0. The number of hydrogen-bond donors (Lipinski definition) is 2. The predicted molar refractivity (Wildman–Crippen MR) is 76.1 cm³/mol. The molecule has 0 aliphatic heterocycles. The van der Waals surface area contributed by atoms with E-state index in [9.17, 15) is 0 Å². The van der Waals surface area contributed by atoms with Crippen LogP contribution < -0.4 is 16.2 Å². The highest BCUT2D eigenvalue weighted by atomic mass is 79.9. The smallest absolute Gasteiger partial charge is 0.159 e. The van der Waals surface area contributed by atoms with Crippen LogP contribution in [0.25, 0.3) is 0 Å². The lowest BCUT2D eigenvalue weighted by Gasteiger charge is -2.20. The van der Waals surface area contributed by atoms with Crippen LogP contribution >= 0.6 is 15.9 Å². The summed E-state index contributed by atoms with van der Waals surface area (Å²) in [6.45, 7) is 0.764. The third kappa shape index (κ3) is 2.77. The molecule has 2 aromatic rings. The molecule has 0 radical (unpaired) electrons. The van der Waals surface area contributed by atoms with Gasteiger partial charge in [-0.2, -0.15) is 0 Å². The minimum Gasteiger partial charge on any atom is -0.354 e. The maximum Gasteiger partial charge on any atom is 0.159 e. The molecule has 3 N–H and O–H groups in total. The molecule has 0 amide bonds. The van der Waals surface area contributed by atoms with Gasteiger partial charge in [0.1, 0.15) is 16.6 Å². The highest BCUT2D eigenvalue weighted by Crippen LogP contribution is 2.28. The number of halogens is 1. The van der Waals surface area contributed by atoms with Gasteiger partial charge in [0.15, 0.2) is 5.82 Å². The number of nitrogens with two attached hydrogens (primary N) is 1. The Bertz CT molecular complexity index is 517. The lowest BCUT2D eigenvalue weighted by molar-refractivity contribution is 0.886. The number of anilines is 2. The van der Waals surface area contributed by atoms with Gasteiger partial charge in [-0.15, -0.1) is 0 Å². The predicted octanol–water partition coefficient (Wildman–Crippen LogP) is 2.16. The highest BCUT2D eigenvalue weighted by molar-refractivity contribution is 9.10. The molecule has 0 unspecified atom stereocenters. The summed E-state index contributed by atoms with van der Waals surface area (Å²) in [7, 11) is 1.97. The first-order valence-electron chi connectivity index (χ1n) is 5.44. The Hall–Kier alpha value is -1.66. The summed E-state index contributed by atoms with van der Waals surface area (Å²) in [5.41, 5.74) is 3.75. The number of nitrogens with one attached hydrogen (secondary N) is 1. The van der Waals surface area contributed by atoms with Gasteiger partial charge in [-0.3, -0.25) is 0 Å². The van der Waals surface area contributed by atoms with Crippen LogP contribution in [-0.4, -0.2) is 17.0 Å². The van der Waals surface area contributed by atoms with Gasteiger partial charge in [0, 0.05) is 13.6 Å². The SMILES string of the molecule is CN(Cc1ccccc1)c1ncnc(NN)c1Br. The molecule has 1 aromatic heterocycles. The van der Waals surface area contributed by atoms with Gasteiger partial charge < -0.3 is 10.3 Å². The second kappa shape index (κ2) is 5.79. The summed E-state index contributed by atoms with van der Waals surface area (Å²) in [6.07, 6.45) is 1.48. The van der Waals surface area contributed by atoms with Crippen molar-refractivity contribution in [3.05, 3.63) is 46.7 Å². The fourth-order valence-electron chi connectivity index (χ4n) is 1.66. The lowest BCUT2D eigenvalue weighted by atomic mass is 10.2. The molecule has 18 heavy (non-hydrogen) atoms. The first-order valence-corrected chi connectivity index (χ1v) is 6.24. The van der Waals surface area contributed by atoms with E-state index in [0.29, 0.717) is 5.82 Å². The van der Waals surface area contributed by atoms with E-state index in [2.05, 4.69) is 43.5 Å². The molecule has 1 aromatic carbocycles. The fourth-order valence-corrected chi connectivity index (χ4v) is 2.28. The number of nitrogens with zero attached hydrogens (tertiary/aromatic N) is 3. The van der Waals surface area contributed by atoms with E-state index in [1.807, 2.05) is 30.1 Å². The number of aromatic nitrogens is 2. The van der Waals surface area contributed by atoms with Crippen LogP contribution in [-0.2, 0) is 6.54 Å². The molecule has 0 spiro atoms. The second-order valence-corrected chi connectivity index (χ2v) is 4.64. The summed E-state index contributed by atoms with van der Waals surface area (Å²) in [6, 6.07) is 10.2. The minimum atomic E-state index is 0.569. The van der Waals surface area contributed by atoms with Crippen molar-refractivity contribution in [2.24, 2.45) is 5.84 Å². The molecule has 6 heteroatoms. The van der Waals surface area contributed by atoms with Crippen LogP contribution in [0.4, 0.5) is 11.6 Å². The van der Waals surface area contributed by atoms with Crippen molar-refractivity contribution in [3.8, 4) is 0 Å². The van der Waals surface area contributed by atoms with Crippen LogP contribution in [0, 0.1) is 0 Å². The number of nitrogen functional groups attached to an aromatic ring is 1. The van der Waals surface area contributed by atoms with Crippen LogP contribution in [0.3, 0.4) is 0 Å². The second-order valence-electron chi connectivity index (χ2n) is 3.85. The molecule has 5 nitrogen and oxygen atoms in total. The first kappa shape index (κ1) is 12.8. The van der Waals surface area contributed by atoms with Gasteiger partial charge in [0.25, 0.3) is 0 Å². The van der Waals surface area contributed by atoms with Crippen molar-refractivity contribution < 1.29 is 0 Å². The van der Waals surface area contributed by atoms with Crippen molar-refractivity contribution >= 4 is 27.6 Å². The number of benzene rings is 1. The molecular weight excluding hydrogens is 294 g/mol. The van der Waals surface area contributed by atoms with Crippen molar-refractivity contribution in [3.63, 3.8) is 0 Å². The largest absolute Gasteiger partial charge is 0.354 e. The molecule has 94 valence electrons. The molecule has 0 aliphatic carbocycles. The molecule has 1 heterocycles. The Morgan fingerprint density at radius 1 is 1.28 bits per heavy atom. The topological polar surface area (TPSA) is 67.1 Å². The Balaban J connectivity index is 2.21. The van der Waals surface area contributed by atoms with Crippen LogP contribution in [0.5, 0.6) is 0 Å². The molecule has 2 rings (SSSR count). The van der Waals surface area contributed by atoms with Crippen molar-refractivity contribution in [1.82, 2.24) is 9.97 Å². The van der Waals surface area contributed by atoms with Crippen LogP contribution in [0.15, 0.2) is 41.1 Å². The molecular formula is C12H14BrN5. The molecule has 0 bridgehead atoms. The average Bonchev–Trinajstić information content (AvgIpc) is 2.40. The van der Waals surface area contributed by atoms with E-state index in [1.165, 1.54) is 11.9 Å². The van der Waals surface area contributed by atoms with Gasteiger partial charge in [0.2, 0.25) is 0 Å². The van der Waals surface area contributed by atoms with Crippen LogP contribution in [0.1, 0.15) is 5.56 Å². The number of rotatable bonds is 4. The molecule has 0 saturated carbocycles. The van der Waals surface area contributed by atoms with Gasteiger partial charge in [-0.25, -0.2) is 15.8 Å². The summed E-state index contributed by atoms with van der Waals surface area (Å²) >= 11 is 3.45. The summed E-state index contributed by atoms with van der Waals surface area (Å²) in [5, 5.41) is 0.